The first-order valence-electron chi connectivity index (χ1n) is 8.40. The summed E-state index contributed by atoms with van der Waals surface area (Å²) >= 11 is 0. The van der Waals surface area contributed by atoms with Gasteiger partial charge in [0.25, 0.3) is 0 Å². The maximum Gasteiger partial charge on any atom is 0.410 e. The molecular formula is C19H19N3O3. The number of fused-ring (bicyclic) bond motifs is 3. The van der Waals surface area contributed by atoms with Crippen LogP contribution in [-0.2, 0) is 16.0 Å². The molecule has 1 saturated heterocycles. The van der Waals surface area contributed by atoms with Gasteiger partial charge in [0.1, 0.15) is 13.2 Å². The lowest BCUT2D eigenvalue weighted by Gasteiger charge is -2.12. The van der Waals surface area contributed by atoms with Gasteiger partial charge in [-0.1, -0.05) is 31.2 Å². The molecule has 1 aromatic heterocycles. The van der Waals surface area contributed by atoms with Crippen molar-refractivity contribution in [2.24, 2.45) is 0 Å². The lowest BCUT2D eigenvalue weighted by atomic mass is 10.1. The van der Waals surface area contributed by atoms with E-state index in [4.69, 9.17) is 4.74 Å². The molecule has 6 nitrogen and oxygen atoms in total. The molecule has 0 atom stereocenters. The van der Waals surface area contributed by atoms with Crippen LogP contribution in [0.2, 0.25) is 0 Å². The van der Waals surface area contributed by atoms with Crippen LogP contribution in [0.5, 0.6) is 0 Å². The van der Waals surface area contributed by atoms with Gasteiger partial charge in [-0.05, 0) is 24.1 Å². The fourth-order valence-electron chi connectivity index (χ4n) is 3.30. The van der Waals surface area contributed by atoms with E-state index in [9.17, 15) is 9.59 Å². The molecule has 1 aliphatic heterocycles. The van der Waals surface area contributed by atoms with Crippen LogP contribution in [0.3, 0.4) is 0 Å². The van der Waals surface area contributed by atoms with Gasteiger partial charge < -0.3 is 15.0 Å². The number of carbonyl (C=O) groups is 2. The number of aryl methyl sites for hydroxylation is 1. The molecule has 1 aliphatic rings. The highest BCUT2D eigenvalue weighted by atomic mass is 16.6. The number of benzene rings is 2. The van der Waals surface area contributed by atoms with Gasteiger partial charge in [-0.2, -0.15) is 0 Å². The molecule has 6 heteroatoms. The van der Waals surface area contributed by atoms with Crippen molar-refractivity contribution in [3.8, 4) is 0 Å². The average Bonchev–Trinajstić information content (AvgIpc) is 3.17. The summed E-state index contributed by atoms with van der Waals surface area (Å²) in [4.78, 5) is 28.4. The minimum absolute atomic E-state index is 0.00353. The number of nitrogens with zero attached hydrogens (tertiary/aromatic N) is 1. The number of H-pyrrole nitrogens is 1. The lowest BCUT2D eigenvalue weighted by molar-refractivity contribution is -0.116. The molecule has 0 radical (unpaired) electrons. The number of hydrogen-bond donors (Lipinski definition) is 2. The highest BCUT2D eigenvalue weighted by molar-refractivity contribution is 6.09. The van der Waals surface area contributed by atoms with Crippen LogP contribution in [0.15, 0.2) is 36.4 Å². The summed E-state index contributed by atoms with van der Waals surface area (Å²) in [5.74, 6) is -0.233. The van der Waals surface area contributed by atoms with Gasteiger partial charge in [-0.25, -0.2) is 4.79 Å². The fourth-order valence-corrected chi connectivity index (χ4v) is 3.30. The third-order valence-electron chi connectivity index (χ3n) is 4.56. The number of hydrogen-bond acceptors (Lipinski definition) is 3. The highest BCUT2D eigenvalue weighted by Crippen LogP contribution is 2.29. The van der Waals surface area contributed by atoms with E-state index in [2.05, 4.69) is 35.4 Å². The number of anilines is 1. The molecule has 3 aromatic rings. The first-order valence-corrected chi connectivity index (χ1v) is 8.40. The van der Waals surface area contributed by atoms with Crippen LogP contribution in [0.25, 0.3) is 21.8 Å². The second-order valence-corrected chi connectivity index (χ2v) is 6.16. The zero-order valence-corrected chi connectivity index (χ0v) is 14.0. The van der Waals surface area contributed by atoms with E-state index in [0.29, 0.717) is 18.8 Å². The van der Waals surface area contributed by atoms with E-state index in [1.165, 1.54) is 15.8 Å². The topological polar surface area (TPSA) is 74.4 Å². The third-order valence-corrected chi connectivity index (χ3v) is 4.56. The number of nitrogens with one attached hydrogen (secondary N) is 2. The largest absolute Gasteiger partial charge is 0.448 e. The Kier molecular flexibility index (Phi) is 3.80. The van der Waals surface area contributed by atoms with Crippen molar-refractivity contribution in [3.63, 3.8) is 0 Å². The van der Waals surface area contributed by atoms with Crippen LogP contribution in [0.1, 0.15) is 12.5 Å². The van der Waals surface area contributed by atoms with Gasteiger partial charge in [-0.15, -0.1) is 0 Å². The predicted molar refractivity (Wildman–Crippen MR) is 96.7 cm³/mol. The van der Waals surface area contributed by atoms with Crippen LogP contribution >= 0.6 is 0 Å². The number of aromatic nitrogens is 1. The SMILES string of the molecule is CCc1cccc2c1[nH]c1cc(NC(=O)CN3CCOC3=O)ccc12. The maximum atomic E-state index is 12.2. The minimum Gasteiger partial charge on any atom is -0.448 e. The molecule has 0 saturated carbocycles. The molecule has 1 fully saturated rings. The lowest BCUT2D eigenvalue weighted by Crippen LogP contribution is -2.33. The third kappa shape index (κ3) is 2.80. The number of cyclic esters (lactones) is 1. The van der Waals surface area contributed by atoms with Crippen molar-refractivity contribution in [2.45, 2.75) is 13.3 Å². The van der Waals surface area contributed by atoms with Gasteiger partial charge in [0.2, 0.25) is 5.91 Å². The van der Waals surface area contributed by atoms with Crippen LogP contribution in [0.4, 0.5) is 10.5 Å². The smallest absolute Gasteiger partial charge is 0.410 e. The Morgan fingerprint density at radius 3 is 2.92 bits per heavy atom. The van der Waals surface area contributed by atoms with E-state index >= 15 is 0 Å². The van der Waals surface area contributed by atoms with E-state index in [1.807, 2.05) is 18.2 Å². The second-order valence-electron chi connectivity index (χ2n) is 6.16. The number of para-hydroxylation sites is 1. The van der Waals surface area contributed by atoms with Gasteiger partial charge in [0, 0.05) is 27.5 Å². The number of ether oxygens (including phenoxy) is 1. The monoisotopic (exact) mass is 337 g/mol. The minimum atomic E-state index is -0.437. The quantitative estimate of drug-likeness (QED) is 0.767. The highest BCUT2D eigenvalue weighted by Gasteiger charge is 2.24. The summed E-state index contributed by atoms with van der Waals surface area (Å²) in [7, 11) is 0. The zero-order valence-electron chi connectivity index (χ0n) is 14.0. The molecule has 0 unspecified atom stereocenters. The van der Waals surface area contributed by atoms with Crippen molar-refractivity contribution in [1.29, 1.82) is 0 Å². The molecular weight excluding hydrogens is 318 g/mol. The Bertz CT molecular complexity index is 977. The van der Waals surface area contributed by atoms with Crippen molar-refractivity contribution in [3.05, 3.63) is 42.0 Å². The molecule has 2 amide bonds. The van der Waals surface area contributed by atoms with E-state index in [1.54, 1.807) is 0 Å². The standard InChI is InChI=1S/C19H19N3O3/c1-2-12-4-3-5-15-14-7-6-13(10-16(14)21-18(12)15)20-17(23)11-22-8-9-25-19(22)24/h3-7,10,21H,2,8-9,11H2,1H3,(H,20,23). The molecule has 2 aromatic carbocycles. The second kappa shape index (κ2) is 6.12. The molecule has 0 spiro atoms. The molecule has 0 bridgehead atoms. The molecule has 0 aliphatic carbocycles. The summed E-state index contributed by atoms with van der Waals surface area (Å²) in [5.41, 5.74) is 4.10. The molecule has 25 heavy (non-hydrogen) atoms. The first kappa shape index (κ1) is 15.5. The zero-order chi connectivity index (χ0) is 17.4. The van der Waals surface area contributed by atoms with E-state index < -0.39 is 6.09 Å². The number of rotatable bonds is 4. The normalized spacial score (nSPS) is 14.3. The molecule has 4 rings (SSSR count). The van der Waals surface area contributed by atoms with Crippen molar-refractivity contribution < 1.29 is 14.3 Å². The number of carbonyl (C=O) groups excluding carboxylic acids is 2. The average molecular weight is 337 g/mol. The van der Waals surface area contributed by atoms with Gasteiger partial charge >= 0.3 is 6.09 Å². The summed E-state index contributed by atoms with van der Waals surface area (Å²) in [6.07, 6.45) is 0.521. The van der Waals surface area contributed by atoms with E-state index in [-0.39, 0.29) is 12.5 Å². The van der Waals surface area contributed by atoms with Crippen LogP contribution < -0.4 is 5.32 Å². The summed E-state index contributed by atoms with van der Waals surface area (Å²) < 4.78 is 4.83. The van der Waals surface area contributed by atoms with Gasteiger partial charge in [-0.3, -0.25) is 9.69 Å². The predicted octanol–water partition coefficient (Wildman–Crippen LogP) is 3.27. The molecule has 2 N–H and O–H groups in total. The summed E-state index contributed by atoms with van der Waals surface area (Å²) in [5, 5.41) is 5.16. The van der Waals surface area contributed by atoms with Crippen molar-refractivity contribution in [1.82, 2.24) is 9.88 Å². The molecule has 2 heterocycles. The Labute approximate surface area is 144 Å². The summed E-state index contributed by atoms with van der Waals surface area (Å²) in [6.45, 7) is 2.93. The number of amides is 2. The van der Waals surface area contributed by atoms with Crippen molar-refractivity contribution in [2.75, 3.05) is 25.0 Å². The Morgan fingerprint density at radius 2 is 2.16 bits per heavy atom. The molecule has 128 valence electrons. The maximum absolute atomic E-state index is 12.2. The fraction of sp³-hybridized carbons (Fsp3) is 0.263. The Morgan fingerprint density at radius 1 is 1.28 bits per heavy atom. The van der Waals surface area contributed by atoms with Gasteiger partial charge in [0.05, 0.1) is 6.54 Å². The van der Waals surface area contributed by atoms with E-state index in [0.717, 1.165) is 22.8 Å². The van der Waals surface area contributed by atoms with Gasteiger partial charge in [0.15, 0.2) is 0 Å². The van der Waals surface area contributed by atoms with Crippen LogP contribution in [-0.4, -0.2) is 41.6 Å². The number of aromatic amines is 1. The Balaban J connectivity index is 1.59. The van der Waals surface area contributed by atoms with Crippen molar-refractivity contribution >= 4 is 39.5 Å². The van der Waals surface area contributed by atoms with Crippen LogP contribution in [0, 0.1) is 0 Å². The Hall–Kier alpha value is -3.02. The first-order chi connectivity index (χ1) is 12.2. The summed E-state index contributed by atoms with van der Waals surface area (Å²) in [6, 6.07) is 12.1.